The van der Waals surface area contributed by atoms with Crippen LogP contribution in [0.1, 0.15) is 22.3 Å². The molecule has 2 amide bonds. The highest BCUT2D eigenvalue weighted by Gasteiger charge is 2.17. The molecule has 0 aliphatic carbocycles. The van der Waals surface area contributed by atoms with Gasteiger partial charge in [0.15, 0.2) is 23.0 Å². The largest absolute Gasteiger partial charge is 0.504 e. The number of hydrogen-bond acceptors (Lipinski definition) is 8. The van der Waals surface area contributed by atoms with Crippen molar-refractivity contribution in [1.82, 2.24) is 5.32 Å². The highest BCUT2D eigenvalue weighted by atomic mass is 16.5. The van der Waals surface area contributed by atoms with Crippen LogP contribution in [-0.2, 0) is 9.59 Å². The number of phenolic OH excluding ortho intramolecular Hbond substituents is 1. The van der Waals surface area contributed by atoms with Crippen molar-refractivity contribution >= 4 is 30.0 Å². The van der Waals surface area contributed by atoms with Gasteiger partial charge in [-0.25, -0.2) is 0 Å². The Morgan fingerprint density at radius 2 is 1.32 bits per heavy atom. The van der Waals surface area contributed by atoms with E-state index in [9.17, 15) is 14.7 Å². The van der Waals surface area contributed by atoms with Gasteiger partial charge < -0.3 is 28.8 Å². The van der Waals surface area contributed by atoms with Crippen LogP contribution in [0.2, 0.25) is 0 Å². The number of aromatic hydroxyl groups is 1. The van der Waals surface area contributed by atoms with Crippen molar-refractivity contribution in [3.8, 4) is 34.5 Å². The summed E-state index contributed by atoms with van der Waals surface area (Å²) in [5.41, 5.74) is 2.73. The van der Waals surface area contributed by atoms with Crippen LogP contribution in [-0.4, -0.2) is 53.0 Å². The second-order valence-corrected chi connectivity index (χ2v) is 7.82. The van der Waals surface area contributed by atoms with Crippen molar-refractivity contribution in [2.45, 2.75) is 0 Å². The lowest BCUT2D eigenvalue weighted by molar-refractivity contribution is -0.121. The van der Waals surface area contributed by atoms with Gasteiger partial charge >= 0.3 is 0 Å². The first-order valence-electron chi connectivity index (χ1n) is 11.4. The first kappa shape index (κ1) is 27.7. The van der Waals surface area contributed by atoms with Crippen molar-refractivity contribution in [1.29, 1.82) is 0 Å². The van der Waals surface area contributed by atoms with Crippen molar-refractivity contribution in [2.24, 2.45) is 0 Å². The zero-order valence-electron chi connectivity index (χ0n) is 21.7. The lowest BCUT2D eigenvalue weighted by Gasteiger charge is -2.15. The van der Waals surface area contributed by atoms with E-state index in [0.29, 0.717) is 51.7 Å². The number of rotatable bonds is 11. The van der Waals surface area contributed by atoms with E-state index in [1.54, 1.807) is 55.6 Å². The van der Waals surface area contributed by atoms with E-state index in [1.807, 2.05) is 12.2 Å². The predicted molar refractivity (Wildman–Crippen MR) is 144 cm³/mol. The molecule has 2 N–H and O–H groups in total. The number of carbonyl (C=O) groups excluding carboxylic acids is 2. The minimum absolute atomic E-state index is 0.168. The Morgan fingerprint density at radius 3 is 1.82 bits per heavy atom. The van der Waals surface area contributed by atoms with Gasteiger partial charge in [-0.15, -0.1) is 0 Å². The molecule has 0 spiro atoms. The first-order valence-corrected chi connectivity index (χ1v) is 11.4. The van der Waals surface area contributed by atoms with Crippen LogP contribution in [0.25, 0.3) is 17.7 Å². The monoisotopic (exact) mass is 519 g/mol. The Labute approximate surface area is 220 Å². The third kappa shape index (κ3) is 6.25. The van der Waals surface area contributed by atoms with Crippen LogP contribution in [0.4, 0.5) is 0 Å². The molecule has 198 valence electrons. The van der Waals surface area contributed by atoms with Crippen LogP contribution in [0, 0.1) is 0 Å². The number of phenols is 1. The number of hydrogen-bond donors (Lipinski definition) is 2. The van der Waals surface area contributed by atoms with E-state index in [-0.39, 0.29) is 11.5 Å². The number of benzene rings is 3. The molecule has 0 bridgehead atoms. The summed E-state index contributed by atoms with van der Waals surface area (Å²) < 4.78 is 26.9. The molecule has 3 aromatic rings. The molecule has 0 unspecified atom stereocenters. The predicted octanol–water partition coefficient (Wildman–Crippen LogP) is 4.31. The highest BCUT2D eigenvalue weighted by Crippen LogP contribution is 2.40. The summed E-state index contributed by atoms with van der Waals surface area (Å²) in [5.74, 6) is 1.48. The van der Waals surface area contributed by atoms with Crippen LogP contribution in [0.15, 0.2) is 54.6 Å². The third-order valence-electron chi connectivity index (χ3n) is 5.64. The average Bonchev–Trinajstić information content (AvgIpc) is 2.95. The molecule has 0 fully saturated rings. The molecule has 0 atom stereocenters. The van der Waals surface area contributed by atoms with Gasteiger partial charge in [0.05, 0.1) is 35.5 Å². The van der Waals surface area contributed by atoms with Gasteiger partial charge in [-0.3, -0.25) is 14.9 Å². The molecule has 9 nitrogen and oxygen atoms in total. The Balaban J connectivity index is 2.15. The summed E-state index contributed by atoms with van der Waals surface area (Å²) in [6.45, 7) is 0. The molecule has 0 heterocycles. The number of amides is 2. The topological polar surface area (TPSA) is 113 Å². The maximum absolute atomic E-state index is 12.4. The fraction of sp³-hybridized carbons (Fsp3) is 0.172. The highest BCUT2D eigenvalue weighted by molar-refractivity contribution is 6.03. The van der Waals surface area contributed by atoms with Crippen molar-refractivity contribution in [3.05, 3.63) is 76.9 Å². The Morgan fingerprint density at radius 1 is 0.763 bits per heavy atom. The molecule has 0 saturated heterocycles. The third-order valence-corrected chi connectivity index (χ3v) is 5.64. The van der Waals surface area contributed by atoms with Crippen LogP contribution >= 0.6 is 0 Å². The fourth-order valence-corrected chi connectivity index (χ4v) is 3.79. The van der Waals surface area contributed by atoms with Gasteiger partial charge in [-0.1, -0.05) is 24.3 Å². The van der Waals surface area contributed by atoms with Gasteiger partial charge in [0.2, 0.25) is 12.2 Å². The normalized spacial score (nSPS) is 11.1. The summed E-state index contributed by atoms with van der Waals surface area (Å²) in [4.78, 5) is 23.2. The second kappa shape index (κ2) is 12.9. The van der Waals surface area contributed by atoms with Crippen molar-refractivity contribution in [2.75, 3.05) is 35.5 Å². The zero-order valence-corrected chi connectivity index (χ0v) is 21.7. The van der Waals surface area contributed by atoms with Crippen LogP contribution < -0.4 is 29.0 Å². The van der Waals surface area contributed by atoms with E-state index in [1.165, 1.54) is 34.5 Å². The summed E-state index contributed by atoms with van der Waals surface area (Å²) in [7, 11) is 7.58. The van der Waals surface area contributed by atoms with Crippen LogP contribution in [0.3, 0.4) is 0 Å². The number of ether oxygens (including phenoxy) is 5. The number of imide groups is 1. The van der Waals surface area contributed by atoms with Crippen molar-refractivity contribution in [3.63, 3.8) is 0 Å². The molecule has 0 radical (unpaired) electrons. The molecule has 9 heteroatoms. The summed E-state index contributed by atoms with van der Waals surface area (Å²) in [6, 6.07) is 13.9. The Hall–Kier alpha value is -4.92. The van der Waals surface area contributed by atoms with Gasteiger partial charge in [0.1, 0.15) is 5.75 Å². The smallest absolute Gasteiger partial charge is 0.250 e. The van der Waals surface area contributed by atoms with Gasteiger partial charge in [0.25, 0.3) is 5.91 Å². The minimum atomic E-state index is -0.650. The minimum Gasteiger partial charge on any atom is -0.504 e. The molecule has 0 aliphatic heterocycles. The van der Waals surface area contributed by atoms with Crippen molar-refractivity contribution < 1.29 is 38.4 Å². The first-order chi connectivity index (χ1) is 18.4. The molecular weight excluding hydrogens is 490 g/mol. The Bertz CT molecular complexity index is 1330. The lowest BCUT2D eigenvalue weighted by atomic mass is 9.94. The number of nitrogens with one attached hydrogen (secondary N) is 1. The molecule has 38 heavy (non-hydrogen) atoms. The second-order valence-electron chi connectivity index (χ2n) is 7.82. The number of methoxy groups -OCH3 is 5. The lowest BCUT2D eigenvalue weighted by Crippen LogP contribution is -2.19. The SMILES string of the molecule is COc1ccc(/C(=C\C(=O)NC=O)c2cc(/C=C/c3cc(OC)c(OC)c(OC)c3)cc(OC)c2O)cc1. The average molecular weight is 520 g/mol. The molecule has 3 aromatic carbocycles. The summed E-state index contributed by atoms with van der Waals surface area (Å²) in [6.07, 6.45) is 5.16. The maximum atomic E-state index is 12.4. The van der Waals surface area contributed by atoms with E-state index >= 15 is 0 Å². The molecule has 3 rings (SSSR count). The number of carbonyl (C=O) groups is 2. The van der Waals surface area contributed by atoms with E-state index in [2.05, 4.69) is 5.32 Å². The molecule has 0 saturated carbocycles. The van der Waals surface area contributed by atoms with E-state index < -0.39 is 5.91 Å². The van der Waals surface area contributed by atoms with Gasteiger partial charge in [-0.05, 0) is 58.7 Å². The van der Waals surface area contributed by atoms with E-state index in [4.69, 9.17) is 23.7 Å². The quantitative estimate of drug-likeness (QED) is 0.219. The van der Waals surface area contributed by atoms with Gasteiger partial charge in [-0.2, -0.15) is 0 Å². The summed E-state index contributed by atoms with van der Waals surface area (Å²) in [5, 5.41) is 13.1. The molecule has 0 aromatic heterocycles. The maximum Gasteiger partial charge on any atom is 0.250 e. The molecule has 0 aliphatic rings. The standard InChI is InChI=1S/C29H29NO8/c1-34-21-10-8-20(9-11-21)22(16-27(32)30-17-31)23-12-18(13-24(35-2)28(23)33)6-7-19-14-25(36-3)29(38-5)26(15-19)37-4/h6-17,33H,1-5H3,(H,30,31,32)/b7-6+,22-16+. The zero-order chi connectivity index (χ0) is 27.7. The fourth-order valence-electron chi connectivity index (χ4n) is 3.79. The molecular formula is C29H29NO8. The Kier molecular flexibility index (Phi) is 9.37. The summed E-state index contributed by atoms with van der Waals surface area (Å²) >= 11 is 0. The van der Waals surface area contributed by atoms with Gasteiger partial charge in [0, 0.05) is 11.6 Å². The van der Waals surface area contributed by atoms with Crippen LogP contribution in [0.5, 0.6) is 34.5 Å². The van der Waals surface area contributed by atoms with E-state index in [0.717, 1.165) is 5.56 Å².